The molecule has 0 aliphatic heterocycles. The Morgan fingerprint density at radius 2 is 0.730 bits per heavy atom. The lowest BCUT2D eigenvalue weighted by Crippen LogP contribution is -2.41. The molecule has 0 fully saturated rings. The van der Waals surface area contributed by atoms with E-state index >= 15 is 0 Å². The molecule has 2 N–H and O–H groups in total. The van der Waals surface area contributed by atoms with Crippen molar-refractivity contribution in [2.45, 2.75) is 154 Å². The minimum absolute atomic E-state index is 0.113. The molecular formula is C92H98O8. The number of aliphatic hydroxyl groups excluding tert-OH is 2. The Morgan fingerprint density at radius 3 is 1.21 bits per heavy atom. The van der Waals surface area contributed by atoms with Crippen LogP contribution in [0.5, 0.6) is 17.2 Å². The number of hydrogen-bond donors (Lipinski definition) is 2. The second kappa shape index (κ2) is 36.1. The van der Waals surface area contributed by atoms with Gasteiger partial charge in [-0.25, -0.2) is 0 Å². The molecule has 0 aliphatic rings. The smallest absolute Gasteiger partial charge is 0.129 e. The largest absolute Gasteiger partial charge is 0.489 e. The van der Waals surface area contributed by atoms with E-state index in [1.807, 2.05) is 42.5 Å². The van der Waals surface area contributed by atoms with Gasteiger partial charge in [0, 0.05) is 36.7 Å². The van der Waals surface area contributed by atoms with Crippen molar-refractivity contribution >= 4 is 0 Å². The topological polar surface area (TPSA) is 95.8 Å². The van der Waals surface area contributed by atoms with E-state index in [0.29, 0.717) is 91.0 Å². The first-order valence-electron chi connectivity index (χ1n) is 35.7. The van der Waals surface area contributed by atoms with Crippen molar-refractivity contribution in [2.75, 3.05) is 13.2 Å². The van der Waals surface area contributed by atoms with Crippen LogP contribution in [0.3, 0.4) is 0 Å². The summed E-state index contributed by atoms with van der Waals surface area (Å²) in [5, 5.41) is 20.1. The molecule has 0 aliphatic carbocycles. The van der Waals surface area contributed by atoms with E-state index < -0.39 is 16.8 Å². The Kier molecular flexibility index (Phi) is 26.0. The normalized spacial score (nSPS) is 13.1. The number of hydrogen-bond acceptors (Lipinski definition) is 8. The van der Waals surface area contributed by atoms with Crippen LogP contribution < -0.4 is 14.2 Å². The maximum Gasteiger partial charge on any atom is 0.129 e. The van der Waals surface area contributed by atoms with Crippen LogP contribution >= 0.6 is 0 Å². The number of ether oxygens (including phenoxy) is 6. The van der Waals surface area contributed by atoms with Crippen molar-refractivity contribution in [1.82, 2.24) is 0 Å². The van der Waals surface area contributed by atoms with Crippen LogP contribution in [0.25, 0.3) is 0 Å². The summed E-state index contributed by atoms with van der Waals surface area (Å²) in [6.07, 6.45) is 6.58. The second-order valence-corrected chi connectivity index (χ2v) is 27.4. The summed E-state index contributed by atoms with van der Waals surface area (Å²) in [7, 11) is 0. The minimum atomic E-state index is -1.03. The molecule has 0 amide bonds. The van der Waals surface area contributed by atoms with Crippen molar-refractivity contribution in [1.29, 1.82) is 0 Å². The molecule has 3 unspecified atom stereocenters. The number of aliphatic hydroxyl groups is 2. The monoisotopic (exact) mass is 1330 g/mol. The highest BCUT2D eigenvalue weighted by Gasteiger charge is 2.45. The quantitative estimate of drug-likeness (QED) is 0.0395. The molecular weight excluding hydrogens is 1230 g/mol. The molecule has 0 aromatic heterocycles. The number of aryl methyl sites for hydroxylation is 4. The van der Waals surface area contributed by atoms with Crippen LogP contribution in [0.1, 0.15) is 148 Å². The first-order valence-corrected chi connectivity index (χ1v) is 35.7. The van der Waals surface area contributed by atoms with Gasteiger partial charge in [0.1, 0.15) is 37.1 Å². The lowest BCUT2D eigenvalue weighted by molar-refractivity contribution is -0.0739. The van der Waals surface area contributed by atoms with E-state index in [-0.39, 0.29) is 19.1 Å². The Bertz CT molecular complexity index is 4190. The van der Waals surface area contributed by atoms with E-state index in [1.165, 1.54) is 22.3 Å². The number of rotatable bonds is 38. The van der Waals surface area contributed by atoms with Gasteiger partial charge in [0.2, 0.25) is 0 Å². The average molecular weight is 1330 g/mol. The third kappa shape index (κ3) is 20.4. The molecule has 11 aromatic rings. The Labute approximate surface area is 594 Å². The Balaban J connectivity index is 1.19. The molecule has 11 rings (SSSR count). The van der Waals surface area contributed by atoms with Gasteiger partial charge in [-0.05, 0) is 194 Å². The first-order chi connectivity index (χ1) is 48.9. The molecule has 11 aromatic carbocycles. The molecule has 8 heteroatoms. The molecule has 100 heavy (non-hydrogen) atoms. The molecule has 514 valence electrons. The third-order valence-electron chi connectivity index (χ3n) is 19.5. The summed E-state index contributed by atoms with van der Waals surface area (Å²) in [6, 6.07) is 100. The van der Waals surface area contributed by atoms with E-state index in [0.717, 1.165) is 96.9 Å². The van der Waals surface area contributed by atoms with Gasteiger partial charge in [0.25, 0.3) is 0 Å². The van der Waals surface area contributed by atoms with Gasteiger partial charge in [0.05, 0.1) is 36.6 Å². The Morgan fingerprint density at radius 1 is 0.340 bits per heavy atom. The molecule has 3 atom stereocenters. The van der Waals surface area contributed by atoms with Crippen molar-refractivity contribution < 1.29 is 38.6 Å². The summed E-state index contributed by atoms with van der Waals surface area (Å²) in [5.41, 5.74) is 14.6. The van der Waals surface area contributed by atoms with E-state index in [4.69, 9.17) is 28.4 Å². The van der Waals surface area contributed by atoms with Crippen molar-refractivity contribution in [3.05, 3.63) is 374 Å². The van der Waals surface area contributed by atoms with Gasteiger partial charge >= 0.3 is 0 Å². The predicted octanol–water partition coefficient (Wildman–Crippen LogP) is 20.3. The highest BCUT2D eigenvalue weighted by molar-refractivity contribution is 5.59. The first kappa shape index (κ1) is 71.9. The average Bonchev–Trinajstić information content (AvgIpc) is 0.727. The molecule has 0 spiro atoms. The zero-order valence-corrected chi connectivity index (χ0v) is 58.8. The van der Waals surface area contributed by atoms with E-state index in [1.54, 1.807) is 0 Å². The van der Waals surface area contributed by atoms with Gasteiger partial charge in [-0.3, -0.25) is 0 Å². The minimum Gasteiger partial charge on any atom is -0.489 e. The lowest BCUT2D eigenvalue weighted by Gasteiger charge is -2.44. The molecule has 0 heterocycles. The zero-order valence-electron chi connectivity index (χ0n) is 58.8. The molecule has 0 bridgehead atoms. The maximum absolute atomic E-state index is 10.2. The van der Waals surface area contributed by atoms with Crippen LogP contribution in [-0.2, 0) is 104 Å². The van der Waals surface area contributed by atoms with Gasteiger partial charge < -0.3 is 38.6 Å². The fraction of sp³-hybridized carbons (Fsp3) is 0.283. The van der Waals surface area contributed by atoms with E-state index in [9.17, 15) is 10.2 Å². The van der Waals surface area contributed by atoms with Crippen LogP contribution in [0, 0.1) is 0 Å². The fourth-order valence-electron chi connectivity index (χ4n) is 13.6. The summed E-state index contributed by atoms with van der Waals surface area (Å²) >= 11 is 0. The fourth-order valence-corrected chi connectivity index (χ4v) is 13.6. The van der Waals surface area contributed by atoms with Crippen molar-refractivity contribution in [2.24, 2.45) is 0 Å². The summed E-state index contributed by atoms with van der Waals surface area (Å²) in [4.78, 5) is 0. The van der Waals surface area contributed by atoms with Gasteiger partial charge in [-0.15, -0.1) is 0 Å². The van der Waals surface area contributed by atoms with Crippen LogP contribution in [0.2, 0.25) is 0 Å². The maximum atomic E-state index is 10.2. The summed E-state index contributed by atoms with van der Waals surface area (Å²) < 4.78 is 44.0. The van der Waals surface area contributed by atoms with Gasteiger partial charge in [-0.1, -0.05) is 255 Å². The van der Waals surface area contributed by atoms with Crippen LogP contribution in [0.15, 0.2) is 285 Å². The molecule has 0 saturated carbocycles. The highest BCUT2D eigenvalue weighted by atomic mass is 16.5. The summed E-state index contributed by atoms with van der Waals surface area (Å²) in [5.74, 6) is 1.93. The van der Waals surface area contributed by atoms with Gasteiger partial charge in [0.15, 0.2) is 0 Å². The van der Waals surface area contributed by atoms with Crippen LogP contribution in [-0.4, -0.2) is 29.0 Å². The number of benzene rings is 11. The lowest BCUT2D eigenvalue weighted by atomic mass is 9.69. The zero-order chi connectivity index (χ0) is 69.3. The molecule has 0 saturated heterocycles. The van der Waals surface area contributed by atoms with Gasteiger partial charge in [-0.2, -0.15) is 0 Å². The third-order valence-corrected chi connectivity index (χ3v) is 19.5. The van der Waals surface area contributed by atoms with Crippen molar-refractivity contribution in [3.8, 4) is 17.2 Å². The molecule has 0 radical (unpaired) electrons. The predicted molar refractivity (Wildman–Crippen MR) is 404 cm³/mol. The standard InChI is InChI=1S/C92H98O8/c1-90(2,98-67-77-33-17-8-18-34-77)87-63-84(86(62-73-49-53-83(54-50-73)96-65-75-29-13-6-14-30-75)91(3,99-68-78-35-19-9-20-36-78)58-56-81-41-24-23-40-80(81)42-26-60-94)88(92(4,100-69-79-37-21-10-22-38-79)57-55-71-45-43-70(44-46-71)39-25-59-93)85(89(87)97-66-76-31-15-7-16-32-76)61-72-47-51-82(52-48-72)95-64-74-27-11-5-12-28-74/h5-24,27-38,40-41,43-54,63,86,93-94H,25-26,39,42,55-62,64-69H2,1-4H3. The van der Waals surface area contributed by atoms with E-state index in [2.05, 4.69) is 270 Å². The van der Waals surface area contributed by atoms with Crippen LogP contribution in [0.4, 0.5) is 0 Å². The Hall–Kier alpha value is -9.38. The SMILES string of the molecule is CC(C)(OCc1ccccc1)c1cc(C(Cc2ccc(OCc3ccccc3)cc2)C(C)(CCc2ccccc2CCCO)OCc2ccccc2)c(C(C)(CCc2ccc(CCCO)cc2)OCc2ccccc2)c(Cc2ccc(OCc3ccccc3)cc2)c1OCc1ccccc1. The van der Waals surface area contributed by atoms with Crippen molar-refractivity contribution in [3.63, 3.8) is 0 Å². The second-order valence-electron chi connectivity index (χ2n) is 27.4. The highest BCUT2D eigenvalue weighted by Crippen LogP contribution is 2.52. The molecule has 8 nitrogen and oxygen atoms in total. The summed E-state index contributed by atoms with van der Waals surface area (Å²) in [6.45, 7) is 11.5.